The summed E-state index contributed by atoms with van der Waals surface area (Å²) in [6.07, 6.45) is 1.25. The number of aliphatic hydroxyl groups is 1. The van der Waals surface area contributed by atoms with Gasteiger partial charge in [0.15, 0.2) is 0 Å². The molecule has 0 saturated heterocycles. The maximum atomic E-state index is 13.4. The Kier molecular flexibility index (Phi) is 6.62. The molecule has 2 amide bonds. The molecule has 7 heteroatoms. The lowest BCUT2D eigenvalue weighted by atomic mass is 9.95. The summed E-state index contributed by atoms with van der Waals surface area (Å²) in [5, 5.41) is 14.5. The summed E-state index contributed by atoms with van der Waals surface area (Å²) in [6.45, 7) is 5.49. The quantitative estimate of drug-likeness (QED) is 0.701. The zero-order valence-electron chi connectivity index (χ0n) is 13.5. The van der Waals surface area contributed by atoms with E-state index >= 15 is 0 Å². The van der Waals surface area contributed by atoms with Crippen LogP contribution in [0.25, 0.3) is 0 Å². The number of rotatable bonds is 6. The summed E-state index contributed by atoms with van der Waals surface area (Å²) in [7, 11) is 0. The van der Waals surface area contributed by atoms with Gasteiger partial charge in [-0.2, -0.15) is 0 Å². The number of carbonyl (C=O) groups is 2. The highest BCUT2D eigenvalue weighted by molar-refractivity contribution is 6.39. The van der Waals surface area contributed by atoms with Crippen LogP contribution in [0, 0.1) is 17.6 Å². The van der Waals surface area contributed by atoms with Crippen LogP contribution in [0.5, 0.6) is 0 Å². The van der Waals surface area contributed by atoms with Gasteiger partial charge in [0.1, 0.15) is 11.6 Å². The second-order valence-electron chi connectivity index (χ2n) is 6.19. The molecule has 23 heavy (non-hydrogen) atoms. The first-order chi connectivity index (χ1) is 10.6. The number of halogens is 2. The van der Waals surface area contributed by atoms with Crippen LogP contribution in [0.2, 0.25) is 0 Å². The SMILES string of the molecule is CC(C)CC[C@](C)(O)CNC(=O)C(=O)Nc1ccc(F)cc1F. The molecule has 128 valence electrons. The Balaban J connectivity index is 2.52. The van der Waals surface area contributed by atoms with E-state index in [9.17, 15) is 23.5 Å². The van der Waals surface area contributed by atoms with Crippen LogP contribution in [0.4, 0.5) is 14.5 Å². The molecule has 0 aromatic heterocycles. The average molecular weight is 328 g/mol. The fraction of sp³-hybridized carbons (Fsp3) is 0.500. The lowest BCUT2D eigenvalue weighted by Crippen LogP contribution is -2.44. The average Bonchev–Trinajstić information content (AvgIpc) is 2.45. The topological polar surface area (TPSA) is 78.4 Å². The number of anilines is 1. The summed E-state index contributed by atoms with van der Waals surface area (Å²) in [6, 6.07) is 2.59. The molecular weight excluding hydrogens is 306 g/mol. The van der Waals surface area contributed by atoms with Crippen molar-refractivity contribution in [3.63, 3.8) is 0 Å². The van der Waals surface area contributed by atoms with Crippen molar-refractivity contribution in [1.82, 2.24) is 5.32 Å². The van der Waals surface area contributed by atoms with Crippen molar-refractivity contribution in [2.24, 2.45) is 5.92 Å². The third-order valence-corrected chi connectivity index (χ3v) is 3.28. The van der Waals surface area contributed by atoms with Crippen molar-refractivity contribution < 1.29 is 23.5 Å². The van der Waals surface area contributed by atoms with Gasteiger partial charge in [-0.05, 0) is 37.8 Å². The van der Waals surface area contributed by atoms with Gasteiger partial charge >= 0.3 is 11.8 Å². The summed E-state index contributed by atoms with van der Waals surface area (Å²) >= 11 is 0. The molecule has 0 aliphatic heterocycles. The van der Waals surface area contributed by atoms with E-state index in [1.807, 2.05) is 19.2 Å². The Morgan fingerprint density at radius 2 is 1.91 bits per heavy atom. The molecule has 0 aliphatic rings. The van der Waals surface area contributed by atoms with E-state index in [4.69, 9.17) is 0 Å². The molecule has 0 radical (unpaired) electrons. The number of carbonyl (C=O) groups excluding carboxylic acids is 2. The lowest BCUT2D eigenvalue weighted by molar-refractivity contribution is -0.136. The molecule has 0 unspecified atom stereocenters. The minimum atomic E-state index is -1.14. The zero-order chi connectivity index (χ0) is 17.6. The molecule has 1 atom stereocenters. The first kappa shape index (κ1) is 19.0. The highest BCUT2D eigenvalue weighted by Crippen LogP contribution is 2.16. The Morgan fingerprint density at radius 1 is 1.26 bits per heavy atom. The van der Waals surface area contributed by atoms with Crippen LogP contribution in [0.1, 0.15) is 33.6 Å². The normalized spacial score (nSPS) is 13.5. The molecule has 5 nitrogen and oxygen atoms in total. The maximum absolute atomic E-state index is 13.4. The Morgan fingerprint density at radius 3 is 2.48 bits per heavy atom. The molecule has 1 aromatic carbocycles. The number of hydrogen-bond acceptors (Lipinski definition) is 3. The second-order valence-corrected chi connectivity index (χ2v) is 6.19. The Bertz CT molecular complexity index is 574. The maximum Gasteiger partial charge on any atom is 0.313 e. The van der Waals surface area contributed by atoms with Gasteiger partial charge in [0, 0.05) is 12.6 Å². The molecule has 0 aliphatic carbocycles. The van der Waals surface area contributed by atoms with Crippen molar-refractivity contribution in [1.29, 1.82) is 0 Å². The highest BCUT2D eigenvalue weighted by Gasteiger charge is 2.23. The molecule has 1 aromatic rings. The Hall–Kier alpha value is -2.02. The molecule has 0 spiro atoms. The van der Waals surface area contributed by atoms with Gasteiger partial charge in [-0.25, -0.2) is 8.78 Å². The first-order valence-corrected chi connectivity index (χ1v) is 7.37. The van der Waals surface area contributed by atoms with Crippen molar-refractivity contribution >= 4 is 17.5 Å². The van der Waals surface area contributed by atoms with E-state index < -0.39 is 29.0 Å². The molecule has 0 heterocycles. The van der Waals surface area contributed by atoms with Crippen LogP contribution in [-0.4, -0.2) is 29.1 Å². The molecule has 0 bridgehead atoms. The first-order valence-electron chi connectivity index (χ1n) is 7.37. The van der Waals surface area contributed by atoms with Gasteiger partial charge in [-0.15, -0.1) is 0 Å². The molecule has 0 fully saturated rings. The van der Waals surface area contributed by atoms with Gasteiger partial charge in [-0.3, -0.25) is 9.59 Å². The fourth-order valence-corrected chi connectivity index (χ4v) is 1.81. The predicted octanol–water partition coefficient (Wildman–Crippen LogP) is 2.21. The fourth-order valence-electron chi connectivity index (χ4n) is 1.81. The van der Waals surface area contributed by atoms with E-state index in [0.29, 0.717) is 18.4 Å². The molecule has 3 N–H and O–H groups in total. The highest BCUT2D eigenvalue weighted by atomic mass is 19.1. The van der Waals surface area contributed by atoms with E-state index in [-0.39, 0.29) is 12.2 Å². The molecule has 1 rings (SSSR count). The van der Waals surface area contributed by atoms with Gasteiger partial charge < -0.3 is 15.7 Å². The smallest absolute Gasteiger partial charge is 0.313 e. The van der Waals surface area contributed by atoms with Crippen LogP contribution in [-0.2, 0) is 9.59 Å². The summed E-state index contributed by atoms with van der Waals surface area (Å²) in [5.41, 5.74) is -1.43. The molecular formula is C16H22F2N2O3. The summed E-state index contributed by atoms with van der Waals surface area (Å²) in [5.74, 6) is -3.45. The zero-order valence-corrected chi connectivity index (χ0v) is 13.5. The van der Waals surface area contributed by atoms with Gasteiger partial charge in [0.25, 0.3) is 0 Å². The van der Waals surface area contributed by atoms with E-state index in [2.05, 4.69) is 5.32 Å². The number of benzene rings is 1. The van der Waals surface area contributed by atoms with E-state index in [0.717, 1.165) is 18.6 Å². The Labute approximate surface area is 134 Å². The largest absolute Gasteiger partial charge is 0.388 e. The number of hydrogen-bond donors (Lipinski definition) is 3. The third kappa shape index (κ3) is 6.73. The van der Waals surface area contributed by atoms with Crippen LogP contribution in [0.15, 0.2) is 18.2 Å². The summed E-state index contributed by atoms with van der Waals surface area (Å²) in [4.78, 5) is 23.3. The lowest BCUT2D eigenvalue weighted by Gasteiger charge is -2.24. The number of amides is 2. The number of nitrogens with one attached hydrogen (secondary N) is 2. The van der Waals surface area contributed by atoms with Crippen LogP contribution >= 0.6 is 0 Å². The van der Waals surface area contributed by atoms with Crippen LogP contribution < -0.4 is 10.6 Å². The third-order valence-electron chi connectivity index (χ3n) is 3.28. The standard InChI is InChI=1S/C16H22F2N2O3/c1-10(2)6-7-16(3,23)9-19-14(21)15(22)20-13-5-4-11(17)8-12(13)18/h4-5,8,10,23H,6-7,9H2,1-3H3,(H,19,21)(H,20,22)/t16-/m0/s1. The van der Waals surface area contributed by atoms with Crippen LogP contribution in [0.3, 0.4) is 0 Å². The van der Waals surface area contributed by atoms with E-state index in [1.54, 1.807) is 6.92 Å². The van der Waals surface area contributed by atoms with Gasteiger partial charge in [0.2, 0.25) is 0 Å². The predicted molar refractivity (Wildman–Crippen MR) is 82.7 cm³/mol. The van der Waals surface area contributed by atoms with E-state index in [1.165, 1.54) is 0 Å². The van der Waals surface area contributed by atoms with Crippen molar-refractivity contribution in [2.75, 3.05) is 11.9 Å². The summed E-state index contributed by atoms with van der Waals surface area (Å²) < 4.78 is 26.2. The van der Waals surface area contributed by atoms with Gasteiger partial charge in [0.05, 0.1) is 11.3 Å². The second kappa shape index (κ2) is 8.01. The molecule has 0 saturated carbocycles. The van der Waals surface area contributed by atoms with Crippen molar-refractivity contribution in [3.05, 3.63) is 29.8 Å². The van der Waals surface area contributed by atoms with Crippen molar-refractivity contribution in [2.45, 2.75) is 39.2 Å². The minimum absolute atomic E-state index is 0.0993. The van der Waals surface area contributed by atoms with Gasteiger partial charge in [-0.1, -0.05) is 13.8 Å². The minimum Gasteiger partial charge on any atom is -0.388 e. The van der Waals surface area contributed by atoms with Crippen molar-refractivity contribution in [3.8, 4) is 0 Å². The monoisotopic (exact) mass is 328 g/mol.